The molecule has 0 saturated heterocycles. The first-order valence-electron chi connectivity index (χ1n) is 2.52. The summed E-state index contributed by atoms with van der Waals surface area (Å²) in [4.78, 5) is 0. The minimum atomic E-state index is 0. The molecule has 0 bridgehead atoms. The molecule has 0 atom stereocenters. The average molecular weight is 184 g/mol. The van der Waals surface area contributed by atoms with Crippen molar-refractivity contribution in [3.05, 3.63) is 0 Å². The summed E-state index contributed by atoms with van der Waals surface area (Å²) in [6, 6.07) is 0. The number of aliphatic hydroxyl groups is 1. The predicted molar refractivity (Wildman–Crippen MR) is 26.6 cm³/mol. The molecule has 44 valence electrons. The van der Waals surface area contributed by atoms with Gasteiger partial charge in [0, 0.05) is 27.7 Å². The molecule has 1 nitrogen and oxygen atoms in total. The predicted octanol–water partition coefficient (Wildman–Crippen LogP) is 1.17. The summed E-state index contributed by atoms with van der Waals surface area (Å²) < 4.78 is 0. The van der Waals surface area contributed by atoms with E-state index in [0.29, 0.717) is 6.61 Å². The Kier molecular flexibility index (Phi) is 14.9. The molecule has 0 unspecified atom stereocenters. The van der Waals surface area contributed by atoms with Crippen LogP contribution in [0.1, 0.15) is 26.2 Å². The Morgan fingerprint density at radius 1 is 1.29 bits per heavy atom. The van der Waals surface area contributed by atoms with Crippen LogP contribution in [0.5, 0.6) is 0 Å². The standard InChI is InChI=1S/C5H12O.Mo/c1-2-3-4-5-6;/h6H,2-5H2,1H3;. The Morgan fingerprint density at radius 3 is 2.00 bits per heavy atom. The Balaban J connectivity index is 0. The van der Waals surface area contributed by atoms with E-state index in [1.54, 1.807) is 0 Å². The molecule has 7 heavy (non-hydrogen) atoms. The van der Waals surface area contributed by atoms with Gasteiger partial charge in [0.05, 0.1) is 0 Å². The van der Waals surface area contributed by atoms with Crippen LogP contribution in [0.15, 0.2) is 0 Å². The summed E-state index contributed by atoms with van der Waals surface area (Å²) >= 11 is 0. The van der Waals surface area contributed by atoms with Crippen molar-refractivity contribution < 1.29 is 26.2 Å². The normalized spacial score (nSPS) is 7.71. The first kappa shape index (κ1) is 10.6. The van der Waals surface area contributed by atoms with E-state index < -0.39 is 0 Å². The number of unbranched alkanes of at least 4 members (excludes halogenated alkanes) is 2. The van der Waals surface area contributed by atoms with E-state index in [9.17, 15) is 0 Å². The Labute approximate surface area is 59.4 Å². The van der Waals surface area contributed by atoms with Crippen molar-refractivity contribution >= 4 is 0 Å². The van der Waals surface area contributed by atoms with Gasteiger partial charge in [-0.1, -0.05) is 19.8 Å². The third-order valence-corrected chi connectivity index (χ3v) is 0.762. The van der Waals surface area contributed by atoms with Crippen LogP contribution in [0.25, 0.3) is 0 Å². The SMILES string of the molecule is CCCCCO.[Mo]. The van der Waals surface area contributed by atoms with Gasteiger partial charge in [-0.05, 0) is 6.42 Å². The fourth-order valence-electron chi connectivity index (χ4n) is 0.362. The number of hydrogen-bond acceptors (Lipinski definition) is 1. The minimum absolute atomic E-state index is 0. The van der Waals surface area contributed by atoms with Crippen LogP contribution < -0.4 is 0 Å². The molecule has 0 saturated carbocycles. The first-order chi connectivity index (χ1) is 2.91. The minimum Gasteiger partial charge on any atom is -0.396 e. The van der Waals surface area contributed by atoms with Crippen molar-refractivity contribution in [3.8, 4) is 0 Å². The molecule has 0 amide bonds. The summed E-state index contributed by atoms with van der Waals surface area (Å²) in [6.45, 7) is 2.48. The molecular formula is C5H12MoO. The maximum Gasteiger partial charge on any atom is 0.0431 e. The molecule has 0 aromatic heterocycles. The monoisotopic (exact) mass is 186 g/mol. The zero-order valence-electron chi connectivity index (χ0n) is 4.68. The van der Waals surface area contributed by atoms with Crippen molar-refractivity contribution in [1.82, 2.24) is 0 Å². The molecular weight excluding hydrogens is 172 g/mol. The van der Waals surface area contributed by atoms with Crippen molar-refractivity contribution in [1.29, 1.82) is 0 Å². The maximum absolute atomic E-state index is 8.20. The van der Waals surface area contributed by atoms with E-state index in [4.69, 9.17) is 5.11 Å². The van der Waals surface area contributed by atoms with Crippen LogP contribution >= 0.6 is 0 Å². The number of rotatable bonds is 3. The molecule has 2 heteroatoms. The quantitative estimate of drug-likeness (QED) is 0.515. The van der Waals surface area contributed by atoms with Gasteiger partial charge in [0.25, 0.3) is 0 Å². The van der Waals surface area contributed by atoms with Gasteiger partial charge >= 0.3 is 0 Å². The Hall–Kier alpha value is 0.648. The van der Waals surface area contributed by atoms with Crippen LogP contribution in [0.4, 0.5) is 0 Å². The first-order valence-corrected chi connectivity index (χ1v) is 2.52. The Morgan fingerprint density at radius 2 is 1.86 bits per heavy atom. The van der Waals surface area contributed by atoms with Gasteiger partial charge in [0.1, 0.15) is 0 Å². The number of hydrogen-bond donors (Lipinski definition) is 1. The van der Waals surface area contributed by atoms with Crippen molar-refractivity contribution in [3.63, 3.8) is 0 Å². The van der Waals surface area contributed by atoms with Crippen molar-refractivity contribution in [2.45, 2.75) is 26.2 Å². The van der Waals surface area contributed by atoms with Crippen molar-refractivity contribution in [2.24, 2.45) is 0 Å². The second kappa shape index (κ2) is 9.82. The summed E-state index contributed by atoms with van der Waals surface area (Å²) in [7, 11) is 0. The second-order valence-corrected chi connectivity index (χ2v) is 1.43. The summed E-state index contributed by atoms with van der Waals surface area (Å²) in [6.07, 6.45) is 3.33. The van der Waals surface area contributed by atoms with Crippen molar-refractivity contribution in [2.75, 3.05) is 6.61 Å². The van der Waals surface area contributed by atoms with E-state index in [0.717, 1.165) is 12.8 Å². The molecule has 0 heterocycles. The molecule has 1 N–H and O–H groups in total. The van der Waals surface area contributed by atoms with Gasteiger partial charge in [-0.2, -0.15) is 0 Å². The van der Waals surface area contributed by atoms with E-state index in [-0.39, 0.29) is 21.1 Å². The zero-order valence-corrected chi connectivity index (χ0v) is 6.69. The third-order valence-electron chi connectivity index (χ3n) is 0.762. The number of aliphatic hydroxyl groups excluding tert-OH is 1. The van der Waals surface area contributed by atoms with E-state index in [1.807, 2.05) is 0 Å². The largest absolute Gasteiger partial charge is 0.396 e. The molecule has 0 radical (unpaired) electrons. The van der Waals surface area contributed by atoms with Crippen LogP contribution in [-0.4, -0.2) is 11.7 Å². The molecule has 0 rings (SSSR count). The molecule has 0 aliphatic heterocycles. The smallest absolute Gasteiger partial charge is 0.0431 e. The average Bonchev–Trinajstić information content (AvgIpc) is 1.61. The van der Waals surface area contributed by atoms with Gasteiger partial charge in [-0.25, -0.2) is 0 Å². The summed E-state index contributed by atoms with van der Waals surface area (Å²) in [5.74, 6) is 0. The Bertz CT molecular complexity index is 20.0. The molecule has 0 aliphatic rings. The molecule has 0 fully saturated rings. The second-order valence-electron chi connectivity index (χ2n) is 1.43. The fraction of sp³-hybridized carbons (Fsp3) is 1.00. The van der Waals surface area contributed by atoms with Gasteiger partial charge in [-0.3, -0.25) is 0 Å². The van der Waals surface area contributed by atoms with Gasteiger partial charge in [0.2, 0.25) is 0 Å². The van der Waals surface area contributed by atoms with Crippen LogP contribution in [0.3, 0.4) is 0 Å². The van der Waals surface area contributed by atoms with Crippen LogP contribution in [0, 0.1) is 0 Å². The van der Waals surface area contributed by atoms with Crippen LogP contribution in [0.2, 0.25) is 0 Å². The zero-order chi connectivity index (χ0) is 4.83. The molecule has 0 aromatic rings. The topological polar surface area (TPSA) is 20.2 Å². The fourth-order valence-corrected chi connectivity index (χ4v) is 0.362. The summed E-state index contributed by atoms with van der Waals surface area (Å²) in [5, 5.41) is 8.20. The van der Waals surface area contributed by atoms with E-state index >= 15 is 0 Å². The van der Waals surface area contributed by atoms with Gasteiger partial charge in [-0.15, -0.1) is 0 Å². The van der Waals surface area contributed by atoms with Gasteiger partial charge < -0.3 is 5.11 Å². The van der Waals surface area contributed by atoms with Crippen LogP contribution in [-0.2, 0) is 21.1 Å². The molecule has 0 aliphatic carbocycles. The van der Waals surface area contributed by atoms with E-state index in [2.05, 4.69) is 6.92 Å². The third kappa shape index (κ3) is 10.8. The molecule has 0 aromatic carbocycles. The van der Waals surface area contributed by atoms with E-state index in [1.165, 1.54) is 6.42 Å². The summed E-state index contributed by atoms with van der Waals surface area (Å²) in [5.41, 5.74) is 0. The maximum atomic E-state index is 8.20. The van der Waals surface area contributed by atoms with Gasteiger partial charge in [0.15, 0.2) is 0 Å². The molecule has 0 spiro atoms.